The third-order valence-electron chi connectivity index (χ3n) is 2.42. The van der Waals surface area contributed by atoms with Crippen molar-refractivity contribution < 1.29 is 18.7 Å². The first-order chi connectivity index (χ1) is 8.81. The number of esters is 1. The van der Waals surface area contributed by atoms with E-state index < -0.39 is 29.3 Å². The van der Waals surface area contributed by atoms with Crippen molar-refractivity contribution in [1.82, 2.24) is 9.13 Å². The Labute approximate surface area is 107 Å². The highest BCUT2D eigenvalue weighted by molar-refractivity contribution is 5.93. The minimum atomic E-state index is -2.41. The Bertz CT molecular complexity index is 631. The zero-order chi connectivity index (χ0) is 14.7. The smallest absolute Gasteiger partial charge is 0.362 e. The summed E-state index contributed by atoms with van der Waals surface area (Å²) in [6, 6.07) is 0. The van der Waals surface area contributed by atoms with Crippen LogP contribution in [0.25, 0.3) is 0 Å². The third kappa shape index (κ3) is 2.78. The van der Waals surface area contributed by atoms with Crippen LogP contribution in [0.5, 0.6) is 0 Å². The Morgan fingerprint density at radius 3 is 2.47 bits per heavy atom. The molecule has 0 saturated carbocycles. The lowest BCUT2D eigenvalue weighted by molar-refractivity contribution is -0.153. The standard InChI is InChI=1S/C11H13FN2O5/c1-4-19-10(17)8(12)14-5-7(6(2)15)9(16)13(3)11(14)18/h5,8H,4H2,1-3H3. The van der Waals surface area contributed by atoms with Crippen molar-refractivity contribution in [3.63, 3.8) is 0 Å². The van der Waals surface area contributed by atoms with Crippen molar-refractivity contribution in [3.05, 3.63) is 32.6 Å². The number of rotatable bonds is 4. The zero-order valence-corrected chi connectivity index (χ0v) is 10.7. The lowest BCUT2D eigenvalue weighted by Gasteiger charge is -2.12. The molecule has 0 amide bonds. The molecule has 1 heterocycles. The second-order valence-electron chi connectivity index (χ2n) is 3.74. The normalized spacial score (nSPS) is 12.0. The minimum absolute atomic E-state index is 0.0562. The highest BCUT2D eigenvalue weighted by Crippen LogP contribution is 2.08. The fourth-order valence-electron chi connectivity index (χ4n) is 1.42. The third-order valence-corrected chi connectivity index (χ3v) is 2.42. The number of carbonyl (C=O) groups is 2. The molecule has 1 aromatic heterocycles. The maximum Gasteiger partial charge on any atom is 0.362 e. The van der Waals surface area contributed by atoms with Gasteiger partial charge in [0.05, 0.1) is 12.2 Å². The van der Waals surface area contributed by atoms with E-state index in [9.17, 15) is 23.6 Å². The molecule has 0 aliphatic heterocycles. The summed E-state index contributed by atoms with van der Waals surface area (Å²) >= 11 is 0. The molecule has 1 aromatic rings. The van der Waals surface area contributed by atoms with Crippen LogP contribution in [-0.2, 0) is 16.6 Å². The van der Waals surface area contributed by atoms with E-state index in [2.05, 4.69) is 4.74 Å². The molecular weight excluding hydrogens is 259 g/mol. The number of Topliss-reactive ketones (excluding diaryl/α,β-unsaturated/α-hetero) is 1. The van der Waals surface area contributed by atoms with Gasteiger partial charge in [0.25, 0.3) is 11.9 Å². The molecule has 1 unspecified atom stereocenters. The molecule has 0 aliphatic rings. The number of aromatic nitrogens is 2. The SMILES string of the molecule is CCOC(=O)C(F)n1cc(C(C)=O)c(=O)n(C)c1=O. The van der Waals surface area contributed by atoms with Crippen LogP contribution in [0.3, 0.4) is 0 Å². The molecule has 104 valence electrons. The zero-order valence-electron chi connectivity index (χ0n) is 10.7. The predicted molar refractivity (Wildman–Crippen MR) is 62.7 cm³/mol. The highest BCUT2D eigenvalue weighted by Gasteiger charge is 2.24. The summed E-state index contributed by atoms with van der Waals surface area (Å²) in [5.41, 5.74) is -2.27. The van der Waals surface area contributed by atoms with E-state index in [-0.39, 0.29) is 12.2 Å². The van der Waals surface area contributed by atoms with Crippen LogP contribution >= 0.6 is 0 Å². The lowest BCUT2D eigenvalue weighted by atomic mass is 10.2. The van der Waals surface area contributed by atoms with E-state index in [1.807, 2.05) is 0 Å². The molecule has 1 rings (SSSR count). The monoisotopic (exact) mass is 272 g/mol. The summed E-state index contributed by atoms with van der Waals surface area (Å²) in [4.78, 5) is 45.7. The molecule has 0 aliphatic carbocycles. The molecular formula is C11H13FN2O5. The van der Waals surface area contributed by atoms with E-state index in [0.717, 1.165) is 20.2 Å². The number of ether oxygens (including phenoxy) is 1. The van der Waals surface area contributed by atoms with Crippen LogP contribution in [0.1, 0.15) is 30.5 Å². The summed E-state index contributed by atoms with van der Waals surface area (Å²) in [6.45, 7) is 2.53. The Morgan fingerprint density at radius 2 is 2.00 bits per heavy atom. The molecule has 0 bridgehead atoms. The maximum absolute atomic E-state index is 13.8. The second-order valence-corrected chi connectivity index (χ2v) is 3.74. The first-order valence-electron chi connectivity index (χ1n) is 5.45. The summed E-state index contributed by atoms with van der Waals surface area (Å²) in [7, 11) is 1.09. The summed E-state index contributed by atoms with van der Waals surface area (Å²) in [6.07, 6.45) is -1.67. The van der Waals surface area contributed by atoms with Crippen molar-refractivity contribution in [2.75, 3.05) is 6.61 Å². The van der Waals surface area contributed by atoms with Crippen molar-refractivity contribution >= 4 is 11.8 Å². The van der Waals surface area contributed by atoms with Gasteiger partial charge in [0.2, 0.25) is 0 Å². The number of carbonyl (C=O) groups excluding carboxylic acids is 2. The van der Waals surface area contributed by atoms with Crippen molar-refractivity contribution in [2.45, 2.75) is 20.1 Å². The van der Waals surface area contributed by atoms with Crippen LogP contribution in [0, 0.1) is 0 Å². The van der Waals surface area contributed by atoms with Gasteiger partial charge in [-0.3, -0.25) is 18.7 Å². The molecule has 0 spiro atoms. The summed E-state index contributed by atoms with van der Waals surface area (Å²) in [5, 5.41) is 0. The molecule has 0 aromatic carbocycles. The summed E-state index contributed by atoms with van der Waals surface area (Å²) < 4.78 is 19.1. The Kier molecular flexibility index (Phi) is 4.36. The molecule has 19 heavy (non-hydrogen) atoms. The van der Waals surface area contributed by atoms with Crippen molar-refractivity contribution in [2.24, 2.45) is 7.05 Å². The van der Waals surface area contributed by atoms with Gasteiger partial charge < -0.3 is 4.74 Å². The second kappa shape index (κ2) is 5.59. The van der Waals surface area contributed by atoms with Gasteiger partial charge in [-0.1, -0.05) is 0 Å². The van der Waals surface area contributed by atoms with E-state index in [4.69, 9.17) is 0 Å². The van der Waals surface area contributed by atoms with E-state index >= 15 is 0 Å². The Balaban J connectivity index is 3.45. The number of nitrogens with zero attached hydrogens (tertiary/aromatic N) is 2. The Morgan fingerprint density at radius 1 is 1.42 bits per heavy atom. The maximum atomic E-state index is 13.8. The topological polar surface area (TPSA) is 87.4 Å². The lowest BCUT2D eigenvalue weighted by Crippen LogP contribution is -2.42. The molecule has 0 saturated heterocycles. The quantitative estimate of drug-likeness (QED) is 0.558. The fourth-order valence-corrected chi connectivity index (χ4v) is 1.42. The number of hydrogen-bond acceptors (Lipinski definition) is 5. The van der Waals surface area contributed by atoms with Gasteiger partial charge in [0.1, 0.15) is 0 Å². The van der Waals surface area contributed by atoms with Gasteiger partial charge in [-0.15, -0.1) is 0 Å². The fraction of sp³-hybridized carbons (Fsp3) is 0.455. The molecule has 1 atom stereocenters. The largest absolute Gasteiger partial charge is 0.462 e. The van der Waals surface area contributed by atoms with E-state index in [0.29, 0.717) is 9.13 Å². The molecule has 0 radical (unpaired) electrons. The predicted octanol–water partition coefficient (Wildman–Crippen LogP) is -0.219. The number of alkyl halides is 1. The molecule has 8 heteroatoms. The van der Waals surface area contributed by atoms with Crippen LogP contribution < -0.4 is 11.2 Å². The first-order valence-corrected chi connectivity index (χ1v) is 5.45. The van der Waals surface area contributed by atoms with Crippen LogP contribution in [0.4, 0.5) is 4.39 Å². The highest BCUT2D eigenvalue weighted by atomic mass is 19.1. The van der Waals surface area contributed by atoms with Gasteiger partial charge in [-0.2, -0.15) is 0 Å². The van der Waals surface area contributed by atoms with Crippen LogP contribution in [-0.4, -0.2) is 27.5 Å². The van der Waals surface area contributed by atoms with Gasteiger partial charge in [-0.25, -0.2) is 14.0 Å². The Hall–Kier alpha value is -2.25. The number of ketones is 1. The average molecular weight is 272 g/mol. The van der Waals surface area contributed by atoms with E-state index in [1.165, 1.54) is 6.92 Å². The number of hydrogen-bond donors (Lipinski definition) is 0. The summed E-state index contributed by atoms with van der Waals surface area (Å²) in [5.74, 6) is -1.90. The van der Waals surface area contributed by atoms with Gasteiger partial charge in [0.15, 0.2) is 5.78 Å². The van der Waals surface area contributed by atoms with Gasteiger partial charge in [-0.05, 0) is 13.8 Å². The van der Waals surface area contributed by atoms with Crippen molar-refractivity contribution in [1.29, 1.82) is 0 Å². The van der Waals surface area contributed by atoms with E-state index in [1.54, 1.807) is 0 Å². The minimum Gasteiger partial charge on any atom is -0.462 e. The molecule has 7 nitrogen and oxygen atoms in total. The van der Waals surface area contributed by atoms with Crippen LogP contribution in [0.2, 0.25) is 0 Å². The van der Waals surface area contributed by atoms with Gasteiger partial charge in [0, 0.05) is 13.2 Å². The number of halogens is 1. The van der Waals surface area contributed by atoms with Gasteiger partial charge >= 0.3 is 11.7 Å². The van der Waals surface area contributed by atoms with Crippen LogP contribution in [0.15, 0.2) is 15.8 Å². The van der Waals surface area contributed by atoms with Crippen molar-refractivity contribution in [3.8, 4) is 0 Å². The average Bonchev–Trinajstić information content (AvgIpc) is 2.35. The first kappa shape index (κ1) is 14.8. The molecule has 0 N–H and O–H groups in total. The molecule has 0 fully saturated rings.